The van der Waals surface area contributed by atoms with Crippen LogP contribution >= 0.6 is 0 Å². The molecule has 0 radical (unpaired) electrons. The van der Waals surface area contributed by atoms with E-state index in [4.69, 9.17) is 0 Å². The fourth-order valence-electron chi connectivity index (χ4n) is 9.47. The van der Waals surface area contributed by atoms with E-state index in [1.54, 1.807) is 12.1 Å². The van der Waals surface area contributed by atoms with Crippen molar-refractivity contribution in [2.45, 2.75) is 6.92 Å². The average molecular weight is 1120 g/mol. The van der Waals surface area contributed by atoms with Crippen molar-refractivity contribution in [1.82, 2.24) is 0 Å². The molecule has 0 saturated heterocycles. The van der Waals surface area contributed by atoms with Gasteiger partial charge in [-0.15, -0.1) is 0 Å². The summed E-state index contributed by atoms with van der Waals surface area (Å²) in [5.41, 5.74) is 21.9. The highest BCUT2D eigenvalue weighted by molar-refractivity contribution is 5.74. The fourth-order valence-corrected chi connectivity index (χ4v) is 9.47. The number of para-hydroxylation sites is 1. The zero-order valence-corrected chi connectivity index (χ0v) is 48.0. The number of halogens is 1. The van der Waals surface area contributed by atoms with Crippen LogP contribution in [0.1, 0.15) is 12.5 Å². The lowest BCUT2D eigenvalue weighted by Crippen LogP contribution is -1.90. The first-order valence-electron chi connectivity index (χ1n) is 28.9. The van der Waals surface area contributed by atoms with Gasteiger partial charge >= 0.3 is 0 Å². The van der Waals surface area contributed by atoms with Crippen molar-refractivity contribution in [3.05, 3.63) is 369 Å². The van der Waals surface area contributed by atoms with Crippen LogP contribution in [0.3, 0.4) is 0 Å². The molecule has 13 aromatic carbocycles. The van der Waals surface area contributed by atoms with Crippen LogP contribution in [0, 0.1) is 5.82 Å². The number of hydrogen-bond donors (Lipinski definition) is 4. The summed E-state index contributed by atoms with van der Waals surface area (Å²) in [6, 6.07) is 119. The number of nitrogens with one attached hydrogen (secondary N) is 4. The first-order valence-corrected chi connectivity index (χ1v) is 28.9. The van der Waals surface area contributed by atoms with Crippen LogP contribution in [0.2, 0.25) is 0 Å². The lowest BCUT2D eigenvalue weighted by atomic mass is 10.0. The smallest absolute Gasteiger partial charge is 0.123 e. The van der Waals surface area contributed by atoms with Crippen LogP contribution < -0.4 is 21.3 Å². The van der Waals surface area contributed by atoms with Crippen LogP contribution in [0.4, 0.5) is 49.9 Å². The topological polar surface area (TPSA) is 48.1 Å². The normalized spacial score (nSPS) is 10.4. The summed E-state index contributed by atoms with van der Waals surface area (Å²) in [6.45, 7) is 2.03. The molecule has 0 aliphatic heterocycles. The summed E-state index contributed by atoms with van der Waals surface area (Å²) in [5, 5.41) is 13.5. The second-order valence-electron chi connectivity index (χ2n) is 20.2. The lowest BCUT2D eigenvalue weighted by molar-refractivity contribution is 0.628. The molecule has 0 amide bonds. The molecule has 13 aromatic rings. The Morgan fingerprint density at radius 3 is 0.593 bits per heavy atom. The van der Waals surface area contributed by atoms with Crippen LogP contribution in [-0.2, 0) is 0 Å². The third kappa shape index (κ3) is 17.6. The van der Waals surface area contributed by atoms with Gasteiger partial charge in [0.15, 0.2) is 0 Å². The second kappa shape index (κ2) is 30.7. The van der Waals surface area contributed by atoms with Crippen molar-refractivity contribution in [2.75, 3.05) is 21.3 Å². The number of hydrogen-bond acceptors (Lipinski definition) is 4. The first-order chi connectivity index (χ1) is 42.5. The summed E-state index contributed by atoms with van der Waals surface area (Å²) in [6.07, 6.45) is 4.14. The Balaban J connectivity index is 0.000000128. The fraction of sp³-hybridized carbons (Fsp3) is 0.0123. The molecular weight excluding hydrogens is 1050 g/mol. The largest absolute Gasteiger partial charge is 0.356 e. The quantitative estimate of drug-likeness (QED) is 0.0876. The second-order valence-corrected chi connectivity index (χ2v) is 20.2. The van der Waals surface area contributed by atoms with Gasteiger partial charge in [-0.1, -0.05) is 255 Å². The van der Waals surface area contributed by atoms with Crippen molar-refractivity contribution in [3.8, 4) is 55.6 Å². The summed E-state index contributed by atoms with van der Waals surface area (Å²) in [5.74, 6) is -0.227. The summed E-state index contributed by atoms with van der Waals surface area (Å²) in [4.78, 5) is 0. The van der Waals surface area contributed by atoms with E-state index in [-0.39, 0.29) is 5.82 Å². The minimum atomic E-state index is -0.227. The van der Waals surface area contributed by atoms with E-state index in [2.05, 4.69) is 282 Å². The van der Waals surface area contributed by atoms with Gasteiger partial charge in [0.25, 0.3) is 0 Å². The Bertz CT molecular complexity index is 3970. The number of rotatable bonds is 14. The monoisotopic (exact) mass is 1110 g/mol. The maximum atomic E-state index is 12.8. The van der Waals surface area contributed by atoms with E-state index in [0.717, 1.165) is 45.5 Å². The van der Waals surface area contributed by atoms with Gasteiger partial charge in [-0.3, -0.25) is 0 Å². The van der Waals surface area contributed by atoms with E-state index >= 15 is 0 Å². The minimum Gasteiger partial charge on any atom is -0.356 e. The maximum absolute atomic E-state index is 12.8. The van der Waals surface area contributed by atoms with Gasteiger partial charge < -0.3 is 21.3 Å². The van der Waals surface area contributed by atoms with Crippen molar-refractivity contribution < 1.29 is 4.39 Å². The van der Waals surface area contributed by atoms with Crippen molar-refractivity contribution in [1.29, 1.82) is 0 Å². The van der Waals surface area contributed by atoms with E-state index < -0.39 is 0 Å². The Morgan fingerprint density at radius 1 is 0.198 bits per heavy atom. The molecular formula is C81H67FN4. The van der Waals surface area contributed by atoms with Crippen molar-refractivity contribution in [3.63, 3.8) is 0 Å². The van der Waals surface area contributed by atoms with Gasteiger partial charge in [-0.2, -0.15) is 0 Å². The Morgan fingerprint density at radius 2 is 0.372 bits per heavy atom. The molecule has 86 heavy (non-hydrogen) atoms. The zero-order valence-electron chi connectivity index (χ0n) is 48.0. The van der Waals surface area contributed by atoms with Gasteiger partial charge in [0.05, 0.1) is 0 Å². The molecule has 0 aliphatic rings. The Hall–Kier alpha value is -11.3. The third-order valence-electron chi connectivity index (χ3n) is 14.0. The Kier molecular flexibility index (Phi) is 20.7. The molecule has 0 unspecified atom stereocenters. The SMILES string of the molecule is C/C=C/c1ccc(Nc2ccc(-c3ccccc3)cc2)cc1.Fc1ccc(Nc2ccc(-c3ccccc3)cc2)cc1.c1ccc(-c2ccc(Nc3ccc(-c4ccccc4)cc3)cc2)cc1.c1ccc(Nc2ccc(-c3ccccc3)cc2)cc1. The van der Waals surface area contributed by atoms with E-state index in [9.17, 15) is 4.39 Å². The van der Waals surface area contributed by atoms with Crippen LogP contribution in [0.25, 0.3) is 61.7 Å². The molecule has 0 heterocycles. The molecule has 4 N–H and O–H groups in total. The standard InChI is InChI=1S/C24H19N.C21H19N.C18H14FN.C18H15N/c1-3-7-19(8-4-1)21-11-15-23(16-12-21)25-24-17-13-22(14-18-24)20-9-5-2-6-10-20;1-2-6-17-9-13-20(14-10-17)22-21-15-11-19(12-16-21)18-7-4-3-5-8-18;19-16-8-12-18(13-9-16)20-17-10-6-15(7-11-17)14-4-2-1-3-5-14;1-3-7-15(8-4-1)16-11-13-18(14-12-16)19-17-9-5-2-6-10-17/h1-18,25H;2-16,22H,1H3;1-13,20H;1-14,19H/b;6-2+;;. The molecule has 418 valence electrons. The molecule has 13 rings (SSSR count). The lowest BCUT2D eigenvalue weighted by Gasteiger charge is -2.09. The molecule has 0 aromatic heterocycles. The molecule has 0 aliphatic carbocycles. The maximum Gasteiger partial charge on any atom is 0.123 e. The highest BCUT2D eigenvalue weighted by Crippen LogP contribution is 2.29. The van der Waals surface area contributed by atoms with Crippen molar-refractivity contribution in [2.24, 2.45) is 0 Å². The Labute approximate surface area is 506 Å². The molecule has 0 bridgehead atoms. The predicted octanol–water partition coefficient (Wildman–Crippen LogP) is 23.2. The van der Waals surface area contributed by atoms with Gasteiger partial charge in [-0.05, 0) is 177 Å². The molecule has 4 nitrogen and oxygen atoms in total. The third-order valence-corrected chi connectivity index (χ3v) is 14.0. The first kappa shape index (κ1) is 57.9. The van der Waals surface area contributed by atoms with Crippen LogP contribution in [-0.4, -0.2) is 0 Å². The highest BCUT2D eigenvalue weighted by Gasteiger charge is 2.04. The van der Waals surface area contributed by atoms with Crippen molar-refractivity contribution >= 4 is 51.6 Å². The summed E-state index contributed by atoms with van der Waals surface area (Å²) >= 11 is 0. The minimum absolute atomic E-state index is 0.227. The van der Waals surface area contributed by atoms with Gasteiger partial charge in [-0.25, -0.2) is 4.39 Å². The zero-order chi connectivity index (χ0) is 58.8. The summed E-state index contributed by atoms with van der Waals surface area (Å²) < 4.78 is 12.8. The van der Waals surface area contributed by atoms with E-state index in [0.29, 0.717) is 0 Å². The van der Waals surface area contributed by atoms with Gasteiger partial charge in [0, 0.05) is 45.5 Å². The highest BCUT2D eigenvalue weighted by atomic mass is 19.1. The predicted molar refractivity (Wildman–Crippen MR) is 367 cm³/mol. The molecule has 0 spiro atoms. The molecule has 0 fully saturated rings. The van der Waals surface area contributed by atoms with Crippen LogP contribution in [0.15, 0.2) is 358 Å². The molecule has 5 heteroatoms. The van der Waals surface area contributed by atoms with E-state index in [1.807, 2.05) is 85.8 Å². The van der Waals surface area contributed by atoms with Gasteiger partial charge in [0.2, 0.25) is 0 Å². The van der Waals surface area contributed by atoms with Crippen LogP contribution in [0.5, 0.6) is 0 Å². The molecule has 0 saturated carbocycles. The number of allylic oxidation sites excluding steroid dienone is 1. The summed E-state index contributed by atoms with van der Waals surface area (Å²) in [7, 11) is 0. The van der Waals surface area contributed by atoms with E-state index in [1.165, 1.54) is 73.3 Å². The molecule has 0 atom stereocenters. The average Bonchev–Trinajstić information content (AvgIpc) is 3.69. The number of anilines is 8. The number of benzene rings is 13. The van der Waals surface area contributed by atoms with Gasteiger partial charge in [0.1, 0.15) is 5.82 Å².